The maximum Gasteiger partial charge on any atom is 0.307 e. The predicted molar refractivity (Wildman–Crippen MR) is 100 cm³/mol. The van der Waals surface area contributed by atoms with Gasteiger partial charge < -0.3 is 10.1 Å². The highest BCUT2D eigenvalue weighted by atomic mass is 32.2. The molecule has 26 heavy (non-hydrogen) atoms. The number of thioether (sulfide) groups is 1. The highest BCUT2D eigenvalue weighted by Gasteiger charge is 2.17. The molecular weight excluding hydrogens is 353 g/mol. The van der Waals surface area contributed by atoms with Gasteiger partial charge >= 0.3 is 5.97 Å². The lowest BCUT2D eigenvalue weighted by Gasteiger charge is -2.13. The maximum atomic E-state index is 12.8. The van der Waals surface area contributed by atoms with Crippen LogP contribution in [-0.2, 0) is 20.9 Å². The van der Waals surface area contributed by atoms with E-state index in [4.69, 9.17) is 4.74 Å². The number of hydrogen-bond donors (Lipinski definition) is 1. The minimum Gasteiger partial charge on any atom is -0.453 e. The van der Waals surface area contributed by atoms with E-state index in [1.165, 1.54) is 24.6 Å². The van der Waals surface area contributed by atoms with Gasteiger partial charge in [0.1, 0.15) is 5.82 Å². The summed E-state index contributed by atoms with van der Waals surface area (Å²) in [6.07, 6.45) is -0.638. The molecule has 1 amide bonds. The fraction of sp³-hybridized carbons (Fsp3) is 0.300. The van der Waals surface area contributed by atoms with Crippen LogP contribution in [0.4, 0.5) is 4.39 Å². The Hall–Kier alpha value is -2.34. The van der Waals surface area contributed by atoms with Crippen LogP contribution in [0.2, 0.25) is 0 Å². The number of esters is 1. The summed E-state index contributed by atoms with van der Waals surface area (Å²) in [5.41, 5.74) is 1.96. The van der Waals surface area contributed by atoms with Crippen molar-refractivity contribution in [2.45, 2.75) is 37.8 Å². The van der Waals surface area contributed by atoms with Gasteiger partial charge in [0.2, 0.25) is 0 Å². The zero-order chi connectivity index (χ0) is 18.9. The number of rotatable bonds is 8. The monoisotopic (exact) mass is 375 g/mol. The van der Waals surface area contributed by atoms with Gasteiger partial charge in [0, 0.05) is 17.2 Å². The smallest absolute Gasteiger partial charge is 0.307 e. The molecule has 0 aliphatic rings. The summed E-state index contributed by atoms with van der Waals surface area (Å²) in [7, 11) is 0. The van der Waals surface area contributed by atoms with Gasteiger partial charge in [0.15, 0.2) is 6.10 Å². The molecule has 0 aliphatic heterocycles. The predicted octanol–water partition coefficient (Wildman–Crippen LogP) is 3.86. The largest absolute Gasteiger partial charge is 0.453 e. The first-order valence-electron chi connectivity index (χ1n) is 8.35. The van der Waals surface area contributed by atoms with Crippen molar-refractivity contribution in [3.8, 4) is 0 Å². The second-order valence-electron chi connectivity index (χ2n) is 5.89. The zero-order valence-corrected chi connectivity index (χ0v) is 15.6. The van der Waals surface area contributed by atoms with Crippen LogP contribution >= 0.6 is 11.8 Å². The average Bonchev–Trinajstić information content (AvgIpc) is 2.62. The molecule has 2 aromatic carbocycles. The summed E-state index contributed by atoms with van der Waals surface area (Å²) >= 11 is 1.57. The Labute approximate surface area is 157 Å². The van der Waals surface area contributed by atoms with E-state index in [1.54, 1.807) is 23.9 Å². The minimum atomic E-state index is -0.868. The van der Waals surface area contributed by atoms with E-state index in [-0.39, 0.29) is 24.7 Å². The van der Waals surface area contributed by atoms with Gasteiger partial charge in [-0.1, -0.05) is 29.8 Å². The van der Waals surface area contributed by atoms with Gasteiger partial charge in [-0.15, -0.1) is 11.8 Å². The standard InChI is InChI=1S/C20H22FNO3S/c1-14-3-9-18(10-4-14)26-12-11-19(23)25-15(2)20(24)22-13-16-5-7-17(21)8-6-16/h3-10,15H,11-13H2,1-2H3,(H,22,24). The SMILES string of the molecule is Cc1ccc(SCCC(=O)OC(C)C(=O)NCc2ccc(F)cc2)cc1. The maximum absolute atomic E-state index is 12.8. The van der Waals surface area contributed by atoms with Crippen LogP contribution in [0.3, 0.4) is 0 Å². The van der Waals surface area contributed by atoms with Crippen molar-refractivity contribution in [2.24, 2.45) is 0 Å². The molecule has 0 spiro atoms. The molecule has 0 bridgehead atoms. The van der Waals surface area contributed by atoms with Crippen LogP contribution in [0.1, 0.15) is 24.5 Å². The molecule has 0 aromatic heterocycles. The van der Waals surface area contributed by atoms with Crippen molar-refractivity contribution < 1.29 is 18.7 Å². The second-order valence-corrected chi connectivity index (χ2v) is 7.06. The molecule has 6 heteroatoms. The molecule has 0 saturated carbocycles. The number of aryl methyl sites for hydroxylation is 1. The Morgan fingerprint density at radius 2 is 1.77 bits per heavy atom. The van der Waals surface area contributed by atoms with E-state index in [0.717, 1.165) is 10.5 Å². The van der Waals surface area contributed by atoms with E-state index >= 15 is 0 Å². The van der Waals surface area contributed by atoms with E-state index in [9.17, 15) is 14.0 Å². The number of carbonyl (C=O) groups is 2. The third-order valence-electron chi connectivity index (χ3n) is 3.65. The topological polar surface area (TPSA) is 55.4 Å². The second kappa shape index (κ2) is 9.97. The number of hydrogen-bond acceptors (Lipinski definition) is 4. The van der Waals surface area contributed by atoms with Crippen LogP contribution in [-0.4, -0.2) is 23.7 Å². The summed E-state index contributed by atoms with van der Waals surface area (Å²) in [4.78, 5) is 24.9. The molecule has 0 heterocycles. The first kappa shape index (κ1) is 20.0. The van der Waals surface area contributed by atoms with Crippen LogP contribution in [0.25, 0.3) is 0 Å². The molecule has 1 unspecified atom stereocenters. The Morgan fingerprint density at radius 3 is 2.42 bits per heavy atom. The van der Waals surface area contributed by atoms with Crippen molar-refractivity contribution in [3.05, 3.63) is 65.5 Å². The summed E-state index contributed by atoms with van der Waals surface area (Å²) in [6, 6.07) is 13.9. The Bertz CT molecular complexity index is 732. The molecule has 0 fully saturated rings. The van der Waals surface area contributed by atoms with E-state index in [2.05, 4.69) is 5.32 Å². The number of halogens is 1. The molecule has 0 radical (unpaired) electrons. The lowest BCUT2D eigenvalue weighted by Crippen LogP contribution is -2.35. The van der Waals surface area contributed by atoms with Crippen molar-refractivity contribution >= 4 is 23.6 Å². The lowest BCUT2D eigenvalue weighted by atomic mass is 10.2. The minimum absolute atomic E-state index is 0.230. The van der Waals surface area contributed by atoms with E-state index < -0.39 is 12.1 Å². The molecule has 1 N–H and O–H groups in total. The van der Waals surface area contributed by atoms with Gasteiger partial charge in [0.25, 0.3) is 5.91 Å². The molecule has 138 valence electrons. The first-order valence-corrected chi connectivity index (χ1v) is 9.33. The summed E-state index contributed by atoms with van der Waals surface area (Å²) in [5, 5.41) is 2.67. The zero-order valence-electron chi connectivity index (χ0n) is 14.8. The lowest BCUT2D eigenvalue weighted by molar-refractivity contribution is -0.154. The third-order valence-corrected chi connectivity index (χ3v) is 4.67. The van der Waals surface area contributed by atoms with Gasteiger partial charge in [0.05, 0.1) is 6.42 Å². The number of carbonyl (C=O) groups excluding carboxylic acids is 2. The van der Waals surface area contributed by atoms with Gasteiger partial charge in [-0.2, -0.15) is 0 Å². The van der Waals surface area contributed by atoms with Crippen molar-refractivity contribution in [3.63, 3.8) is 0 Å². The summed E-state index contributed by atoms with van der Waals surface area (Å²) in [6.45, 7) is 3.81. The normalized spacial score (nSPS) is 11.7. The Kier molecular flexibility index (Phi) is 7.66. The van der Waals surface area contributed by atoms with Crippen LogP contribution in [0.15, 0.2) is 53.4 Å². The van der Waals surface area contributed by atoms with Crippen molar-refractivity contribution in [1.82, 2.24) is 5.32 Å². The number of ether oxygens (including phenoxy) is 1. The Balaban J connectivity index is 1.67. The van der Waals surface area contributed by atoms with E-state index in [1.807, 2.05) is 31.2 Å². The molecular formula is C20H22FNO3S. The molecule has 0 aliphatic carbocycles. The molecule has 4 nitrogen and oxygen atoms in total. The van der Waals surface area contributed by atoms with Crippen LogP contribution in [0, 0.1) is 12.7 Å². The van der Waals surface area contributed by atoms with Crippen molar-refractivity contribution in [2.75, 3.05) is 5.75 Å². The summed E-state index contributed by atoms with van der Waals surface area (Å²) < 4.78 is 18.0. The van der Waals surface area contributed by atoms with Gasteiger partial charge in [-0.25, -0.2) is 4.39 Å². The number of benzene rings is 2. The highest BCUT2D eigenvalue weighted by Crippen LogP contribution is 2.19. The highest BCUT2D eigenvalue weighted by molar-refractivity contribution is 7.99. The molecule has 2 rings (SSSR count). The number of nitrogens with one attached hydrogen (secondary N) is 1. The van der Waals surface area contributed by atoms with Crippen LogP contribution in [0.5, 0.6) is 0 Å². The molecule has 0 saturated heterocycles. The quantitative estimate of drug-likeness (QED) is 0.562. The molecule has 2 aromatic rings. The fourth-order valence-electron chi connectivity index (χ4n) is 2.13. The average molecular weight is 375 g/mol. The third kappa shape index (κ3) is 6.88. The van der Waals surface area contributed by atoms with Gasteiger partial charge in [-0.05, 0) is 43.7 Å². The van der Waals surface area contributed by atoms with Gasteiger partial charge in [-0.3, -0.25) is 9.59 Å². The Morgan fingerprint density at radius 1 is 1.12 bits per heavy atom. The first-order chi connectivity index (χ1) is 12.4. The molecule has 1 atom stereocenters. The van der Waals surface area contributed by atoms with Crippen LogP contribution < -0.4 is 5.32 Å². The fourth-order valence-corrected chi connectivity index (χ4v) is 2.96. The van der Waals surface area contributed by atoms with Crippen molar-refractivity contribution in [1.29, 1.82) is 0 Å². The number of amides is 1. The van der Waals surface area contributed by atoms with E-state index in [0.29, 0.717) is 5.75 Å². The summed E-state index contributed by atoms with van der Waals surface area (Å²) in [5.74, 6) is -0.528.